The van der Waals surface area contributed by atoms with Gasteiger partial charge in [-0.2, -0.15) is 0 Å². The molecule has 0 spiro atoms. The van der Waals surface area contributed by atoms with Crippen LogP contribution in [0, 0.1) is 0 Å². The van der Waals surface area contributed by atoms with Gasteiger partial charge in [-0.1, -0.05) is 32.0 Å². The Kier molecular flexibility index (Phi) is 2.03. The Morgan fingerprint density at radius 2 is 2.07 bits per heavy atom. The van der Waals surface area contributed by atoms with Crippen molar-refractivity contribution in [3.05, 3.63) is 29.3 Å². The van der Waals surface area contributed by atoms with Gasteiger partial charge in [0.15, 0.2) is 0 Å². The second kappa shape index (κ2) is 2.98. The highest BCUT2D eigenvalue weighted by Crippen LogP contribution is 2.34. The van der Waals surface area contributed by atoms with Gasteiger partial charge in [-0.3, -0.25) is 4.72 Å². The van der Waals surface area contributed by atoms with E-state index in [9.17, 15) is 8.42 Å². The lowest BCUT2D eigenvalue weighted by atomic mass is 9.99. The molecule has 1 aromatic carbocycles. The molecule has 2 rings (SSSR count). The van der Waals surface area contributed by atoms with Gasteiger partial charge >= 0.3 is 0 Å². The summed E-state index contributed by atoms with van der Waals surface area (Å²) in [7, 11) is -3.11. The number of rotatable bonds is 1. The zero-order valence-electron chi connectivity index (χ0n) is 8.24. The second-order valence-corrected chi connectivity index (χ2v) is 5.62. The van der Waals surface area contributed by atoms with Crippen molar-refractivity contribution in [3.8, 4) is 0 Å². The van der Waals surface area contributed by atoms with Crippen molar-refractivity contribution in [2.75, 3.05) is 4.72 Å². The fourth-order valence-corrected chi connectivity index (χ4v) is 3.02. The largest absolute Gasteiger partial charge is 0.283 e. The van der Waals surface area contributed by atoms with Gasteiger partial charge < -0.3 is 0 Å². The summed E-state index contributed by atoms with van der Waals surface area (Å²) in [6.45, 7) is 4.12. The summed E-state index contributed by atoms with van der Waals surface area (Å²) in [5.41, 5.74) is 2.75. The van der Waals surface area contributed by atoms with Crippen LogP contribution >= 0.6 is 0 Å². The van der Waals surface area contributed by atoms with Gasteiger partial charge in [0.05, 0.1) is 11.4 Å². The SMILES string of the molecule is CC(C)c1cccc2c1NS(=O)(=O)C2. The third-order valence-corrected chi connectivity index (χ3v) is 3.61. The molecule has 0 fully saturated rings. The summed E-state index contributed by atoms with van der Waals surface area (Å²) < 4.78 is 25.3. The van der Waals surface area contributed by atoms with E-state index in [1.165, 1.54) is 0 Å². The van der Waals surface area contributed by atoms with E-state index in [2.05, 4.69) is 18.6 Å². The van der Waals surface area contributed by atoms with E-state index in [4.69, 9.17) is 0 Å². The number of fused-ring (bicyclic) bond motifs is 1. The molecule has 0 bridgehead atoms. The molecule has 76 valence electrons. The fourth-order valence-electron chi connectivity index (χ4n) is 1.74. The molecule has 0 amide bonds. The predicted octanol–water partition coefficient (Wildman–Crippen LogP) is 2.07. The summed E-state index contributed by atoms with van der Waals surface area (Å²) in [5, 5.41) is 0. The van der Waals surface area contributed by atoms with Crippen LogP contribution in [0.15, 0.2) is 18.2 Å². The zero-order chi connectivity index (χ0) is 10.3. The monoisotopic (exact) mass is 211 g/mol. The third kappa shape index (κ3) is 1.50. The van der Waals surface area contributed by atoms with Crippen LogP contribution in [0.1, 0.15) is 30.9 Å². The molecule has 3 nitrogen and oxygen atoms in total. The van der Waals surface area contributed by atoms with Crippen molar-refractivity contribution in [1.82, 2.24) is 0 Å². The Morgan fingerprint density at radius 1 is 1.36 bits per heavy atom. The van der Waals surface area contributed by atoms with Crippen molar-refractivity contribution in [2.24, 2.45) is 0 Å². The van der Waals surface area contributed by atoms with E-state index < -0.39 is 10.0 Å². The fraction of sp³-hybridized carbons (Fsp3) is 0.400. The van der Waals surface area contributed by atoms with Crippen LogP contribution in [0.3, 0.4) is 0 Å². The molecule has 0 saturated carbocycles. The number of hydrogen-bond acceptors (Lipinski definition) is 2. The van der Waals surface area contributed by atoms with Crippen molar-refractivity contribution in [2.45, 2.75) is 25.5 Å². The molecule has 0 aromatic heterocycles. The van der Waals surface area contributed by atoms with E-state index in [1.54, 1.807) is 0 Å². The highest BCUT2D eigenvalue weighted by atomic mass is 32.2. The minimum Gasteiger partial charge on any atom is -0.283 e. The Hall–Kier alpha value is -1.03. The summed E-state index contributed by atoms with van der Waals surface area (Å²) in [6, 6.07) is 5.74. The van der Waals surface area contributed by atoms with Gasteiger partial charge in [0.25, 0.3) is 0 Å². The van der Waals surface area contributed by atoms with Gasteiger partial charge in [0.1, 0.15) is 0 Å². The van der Waals surface area contributed by atoms with Gasteiger partial charge in [-0.25, -0.2) is 8.42 Å². The average Bonchev–Trinajstić information content (AvgIpc) is 2.36. The Bertz CT molecular complexity index is 463. The maximum Gasteiger partial charge on any atom is 0.237 e. The number of para-hydroxylation sites is 1. The van der Waals surface area contributed by atoms with Gasteiger partial charge in [-0.15, -0.1) is 0 Å². The predicted molar refractivity (Wildman–Crippen MR) is 56.8 cm³/mol. The summed E-state index contributed by atoms with van der Waals surface area (Å²) >= 11 is 0. The first-order valence-corrected chi connectivity index (χ1v) is 6.27. The lowest BCUT2D eigenvalue weighted by molar-refractivity contribution is 0.602. The standard InChI is InChI=1S/C10H13NO2S/c1-7(2)9-5-3-4-8-6-14(12,13)11-10(8)9/h3-5,7,11H,6H2,1-2H3. The molecule has 4 heteroatoms. The lowest BCUT2D eigenvalue weighted by Crippen LogP contribution is -2.06. The topological polar surface area (TPSA) is 46.2 Å². The maximum atomic E-state index is 11.4. The molecule has 1 aromatic rings. The normalized spacial score (nSPS) is 17.9. The summed E-state index contributed by atoms with van der Waals surface area (Å²) in [4.78, 5) is 0. The van der Waals surface area contributed by atoms with Crippen molar-refractivity contribution in [3.63, 3.8) is 0 Å². The van der Waals surface area contributed by atoms with Crippen LogP contribution in [0.4, 0.5) is 5.69 Å². The first-order chi connectivity index (χ1) is 6.49. The minimum atomic E-state index is -3.11. The Balaban J connectivity index is 2.57. The van der Waals surface area contributed by atoms with Gasteiger partial charge in [0.2, 0.25) is 10.0 Å². The summed E-state index contributed by atoms with van der Waals surface area (Å²) in [5.74, 6) is 0.453. The van der Waals surface area contributed by atoms with E-state index in [1.807, 2.05) is 18.2 Å². The molecule has 1 N–H and O–H groups in total. The van der Waals surface area contributed by atoms with E-state index in [-0.39, 0.29) is 5.75 Å². The first kappa shape index (κ1) is 9.52. The van der Waals surface area contributed by atoms with E-state index in [0.717, 1.165) is 16.8 Å². The molecule has 1 heterocycles. The van der Waals surface area contributed by atoms with Crippen molar-refractivity contribution >= 4 is 15.7 Å². The number of sulfonamides is 1. The highest BCUT2D eigenvalue weighted by molar-refractivity contribution is 7.92. The Labute approximate surface area is 84.2 Å². The molecule has 14 heavy (non-hydrogen) atoms. The highest BCUT2D eigenvalue weighted by Gasteiger charge is 2.25. The Morgan fingerprint density at radius 3 is 2.71 bits per heavy atom. The summed E-state index contributed by atoms with van der Waals surface area (Å²) in [6.07, 6.45) is 0. The first-order valence-electron chi connectivity index (χ1n) is 4.62. The van der Waals surface area contributed by atoms with Crippen LogP contribution in [-0.2, 0) is 15.8 Å². The van der Waals surface area contributed by atoms with Crippen LogP contribution in [-0.4, -0.2) is 8.42 Å². The third-order valence-electron chi connectivity index (χ3n) is 2.41. The van der Waals surface area contributed by atoms with Crippen LogP contribution < -0.4 is 4.72 Å². The molecule has 0 saturated heterocycles. The maximum absolute atomic E-state index is 11.4. The number of hydrogen-bond donors (Lipinski definition) is 1. The van der Waals surface area contributed by atoms with Gasteiger partial charge in [0, 0.05) is 0 Å². The number of benzene rings is 1. The van der Waals surface area contributed by atoms with Crippen LogP contribution in [0.2, 0.25) is 0 Å². The molecular formula is C10H13NO2S. The molecule has 0 aliphatic carbocycles. The molecule has 1 aliphatic rings. The quantitative estimate of drug-likeness (QED) is 0.773. The number of nitrogens with one attached hydrogen (secondary N) is 1. The average molecular weight is 211 g/mol. The van der Waals surface area contributed by atoms with Crippen molar-refractivity contribution < 1.29 is 8.42 Å². The smallest absolute Gasteiger partial charge is 0.237 e. The molecule has 0 radical (unpaired) electrons. The molecule has 0 atom stereocenters. The minimum absolute atomic E-state index is 0.114. The molecular weight excluding hydrogens is 198 g/mol. The molecule has 0 unspecified atom stereocenters. The zero-order valence-corrected chi connectivity index (χ0v) is 9.06. The lowest BCUT2D eigenvalue weighted by Gasteiger charge is -2.10. The number of anilines is 1. The van der Waals surface area contributed by atoms with Crippen LogP contribution in [0.25, 0.3) is 0 Å². The van der Waals surface area contributed by atoms with Crippen LogP contribution in [0.5, 0.6) is 0 Å². The molecule has 1 aliphatic heterocycles. The van der Waals surface area contributed by atoms with E-state index >= 15 is 0 Å². The van der Waals surface area contributed by atoms with Crippen molar-refractivity contribution in [1.29, 1.82) is 0 Å². The van der Waals surface area contributed by atoms with Gasteiger partial charge in [-0.05, 0) is 17.0 Å². The second-order valence-electron chi connectivity index (χ2n) is 3.90. The van der Waals surface area contributed by atoms with E-state index in [0.29, 0.717) is 5.92 Å².